The van der Waals surface area contributed by atoms with Gasteiger partial charge < -0.3 is 11.1 Å². The van der Waals surface area contributed by atoms with Crippen molar-refractivity contribution in [3.8, 4) is 0 Å². The second kappa shape index (κ2) is 6.48. The average Bonchev–Trinajstić information content (AvgIpc) is 2.27. The Balaban J connectivity index is 2.59. The van der Waals surface area contributed by atoms with Crippen LogP contribution in [0.1, 0.15) is 12.8 Å². The van der Waals surface area contributed by atoms with E-state index in [4.69, 9.17) is 5.73 Å². The standard InChI is InChI=1S/C11H16N2OS/c1-15-10-6-3-2-5-9(10)13-11(14)7-4-8-12/h2-3,5-6H,4,7-8,12H2,1H3,(H,13,14). The summed E-state index contributed by atoms with van der Waals surface area (Å²) < 4.78 is 0. The summed E-state index contributed by atoms with van der Waals surface area (Å²) in [6.45, 7) is 0.553. The van der Waals surface area contributed by atoms with Gasteiger partial charge in [-0.15, -0.1) is 11.8 Å². The fourth-order valence-corrected chi connectivity index (χ4v) is 1.78. The Kier molecular flexibility index (Phi) is 5.21. The predicted octanol–water partition coefficient (Wildman–Crippen LogP) is 2.09. The number of para-hydroxylation sites is 1. The molecule has 3 N–H and O–H groups in total. The lowest BCUT2D eigenvalue weighted by Crippen LogP contribution is -2.13. The van der Waals surface area contributed by atoms with E-state index in [0.29, 0.717) is 13.0 Å². The molecule has 0 heterocycles. The highest BCUT2D eigenvalue weighted by Gasteiger charge is 2.04. The first-order valence-electron chi connectivity index (χ1n) is 4.91. The van der Waals surface area contributed by atoms with Crippen LogP contribution in [0.25, 0.3) is 0 Å². The minimum Gasteiger partial charge on any atom is -0.330 e. The third-order valence-corrected chi connectivity index (χ3v) is 2.78. The van der Waals surface area contributed by atoms with Crippen molar-refractivity contribution in [1.82, 2.24) is 0 Å². The Bertz CT molecular complexity index is 328. The maximum Gasteiger partial charge on any atom is 0.224 e. The molecular weight excluding hydrogens is 208 g/mol. The topological polar surface area (TPSA) is 55.1 Å². The lowest BCUT2D eigenvalue weighted by Gasteiger charge is -2.08. The van der Waals surface area contributed by atoms with Crippen molar-refractivity contribution in [3.63, 3.8) is 0 Å². The smallest absolute Gasteiger partial charge is 0.224 e. The van der Waals surface area contributed by atoms with Crippen molar-refractivity contribution < 1.29 is 4.79 Å². The normalized spacial score (nSPS) is 10.0. The van der Waals surface area contributed by atoms with Crippen LogP contribution in [0.5, 0.6) is 0 Å². The van der Waals surface area contributed by atoms with Gasteiger partial charge in [-0.1, -0.05) is 12.1 Å². The maximum atomic E-state index is 11.5. The average molecular weight is 224 g/mol. The Morgan fingerprint density at radius 2 is 2.20 bits per heavy atom. The molecule has 0 aromatic heterocycles. The predicted molar refractivity (Wildman–Crippen MR) is 65.1 cm³/mol. The van der Waals surface area contributed by atoms with Crippen LogP contribution in [0, 0.1) is 0 Å². The van der Waals surface area contributed by atoms with Crippen molar-refractivity contribution >= 4 is 23.4 Å². The zero-order chi connectivity index (χ0) is 11.1. The molecule has 1 aromatic carbocycles. The van der Waals surface area contributed by atoms with E-state index in [0.717, 1.165) is 17.0 Å². The van der Waals surface area contributed by atoms with E-state index in [1.807, 2.05) is 30.5 Å². The molecule has 1 aromatic rings. The number of hydrogen-bond acceptors (Lipinski definition) is 3. The van der Waals surface area contributed by atoms with Gasteiger partial charge in [0, 0.05) is 11.3 Å². The minimum atomic E-state index is 0.0296. The summed E-state index contributed by atoms with van der Waals surface area (Å²) in [5.74, 6) is 0.0296. The molecule has 0 aliphatic carbocycles. The highest BCUT2D eigenvalue weighted by Crippen LogP contribution is 2.24. The van der Waals surface area contributed by atoms with Gasteiger partial charge in [0.1, 0.15) is 0 Å². The summed E-state index contributed by atoms with van der Waals surface area (Å²) in [6.07, 6.45) is 3.21. The summed E-state index contributed by atoms with van der Waals surface area (Å²) in [4.78, 5) is 12.5. The molecule has 3 nitrogen and oxygen atoms in total. The Morgan fingerprint density at radius 3 is 2.87 bits per heavy atom. The van der Waals surface area contributed by atoms with Crippen molar-refractivity contribution in [1.29, 1.82) is 0 Å². The third-order valence-electron chi connectivity index (χ3n) is 1.99. The highest BCUT2D eigenvalue weighted by atomic mass is 32.2. The van der Waals surface area contributed by atoms with Crippen LogP contribution in [0.4, 0.5) is 5.69 Å². The van der Waals surface area contributed by atoms with E-state index < -0.39 is 0 Å². The van der Waals surface area contributed by atoms with Gasteiger partial charge in [0.2, 0.25) is 5.91 Å². The number of anilines is 1. The van der Waals surface area contributed by atoms with Crippen LogP contribution in [0.15, 0.2) is 29.2 Å². The molecule has 1 rings (SSSR count). The third kappa shape index (κ3) is 3.93. The van der Waals surface area contributed by atoms with Gasteiger partial charge in [-0.2, -0.15) is 0 Å². The van der Waals surface area contributed by atoms with Gasteiger partial charge in [-0.05, 0) is 31.4 Å². The Morgan fingerprint density at radius 1 is 1.47 bits per heavy atom. The molecule has 0 aliphatic rings. The van der Waals surface area contributed by atoms with Gasteiger partial charge in [0.05, 0.1) is 5.69 Å². The second-order valence-corrected chi connectivity index (χ2v) is 3.99. The van der Waals surface area contributed by atoms with Crippen molar-refractivity contribution in [2.24, 2.45) is 5.73 Å². The SMILES string of the molecule is CSc1ccccc1NC(=O)CCCN. The quantitative estimate of drug-likeness (QED) is 0.753. The number of nitrogens with one attached hydrogen (secondary N) is 1. The van der Waals surface area contributed by atoms with Crippen molar-refractivity contribution in [3.05, 3.63) is 24.3 Å². The summed E-state index contributed by atoms with van der Waals surface area (Å²) >= 11 is 1.62. The zero-order valence-corrected chi connectivity index (χ0v) is 9.64. The summed E-state index contributed by atoms with van der Waals surface area (Å²) in [5.41, 5.74) is 6.22. The molecule has 0 atom stereocenters. The number of amides is 1. The molecule has 1 amide bonds. The number of hydrogen-bond donors (Lipinski definition) is 2. The number of benzene rings is 1. The number of rotatable bonds is 5. The van der Waals surface area contributed by atoms with E-state index in [9.17, 15) is 4.79 Å². The van der Waals surface area contributed by atoms with E-state index >= 15 is 0 Å². The van der Waals surface area contributed by atoms with Gasteiger partial charge in [0.25, 0.3) is 0 Å². The molecule has 4 heteroatoms. The molecule has 0 saturated heterocycles. The number of thioether (sulfide) groups is 1. The van der Waals surface area contributed by atoms with Gasteiger partial charge in [-0.25, -0.2) is 0 Å². The minimum absolute atomic E-state index is 0.0296. The van der Waals surface area contributed by atoms with E-state index in [1.165, 1.54) is 0 Å². The van der Waals surface area contributed by atoms with E-state index in [2.05, 4.69) is 5.32 Å². The molecule has 0 unspecified atom stereocenters. The first-order valence-corrected chi connectivity index (χ1v) is 6.13. The molecule has 82 valence electrons. The monoisotopic (exact) mass is 224 g/mol. The highest BCUT2D eigenvalue weighted by molar-refractivity contribution is 7.98. The van der Waals surface area contributed by atoms with Crippen LogP contribution >= 0.6 is 11.8 Å². The molecular formula is C11H16N2OS. The fraction of sp³-hybridized carbons (Fsp3) is 0.364. The molecule has 0 bridgehead atoms. The summed E-state index contributed by atoms with van der Waals surface area (Å²) in [6, 6.07) is 7.77. The maximum absolute atomic E-state index is 11.5. The largest absolute Gasteiger partial charge is 0.330 e. The lowest BCUT2D eigenvalue weighted by atomic mass is 10.2. The lowest BCUT2D eigenvalue weighted by molar-refractivity contribution is -0.116. The van der Waals surface area contributed by atoms with Crippen LogP contribution < -0.4 is 11.1 Å². The summed E-state index contributed by atoms with van der Waals surface area (Å²) in [5, 5.41) is 2.88. The summed E-state index contributed by atoms with van der Waals surface area (Å²) in [7, 11) is 0. The fourth-order valence-electron chi connectivity index (χ4n) is 1.22. The van der Waals surface area contributed by atoms with Gasteiger partial charge in [0.15, 0.2) is 0 Å². The Hall–Kier alpha value is -1.00. The van der Waals surface area contributed by atoms with Gasteiger partial charge >= 0.3 is 0 Å². The number of carbonyl (C=O) groups is 1. The van der Waals surface area contributed by atoms with Crippen LogP contribution in [0.2, 0.25) is 0 Å². The van der Waals surface area contributed by atoms with Crippen LogP contribution in [-0.2, 0) is 4.79 Å². The van der Waals surface area contributed by atoms with Crippen molar-refractivity contribution in [2.45, 2.75) is 17.7 Å². The first kappa shape index (κ1) is 12.1. The molecule has 0 spiro atoms. The Labute approximate surface area is 94.4 Å². The van der Waals surface area contributed by atoms with Gasteiger partial charge in [-0.3, -0.25) is 4.79 Å². The molecule has 0 saturated carbocycles. The van der Waals surface area contributed by atoms with Crippen LogP contribution in [-0.4, -0.2) is 18.7 Å². The second-order valence-electron chi connectivity index (χ2n) is 3.14. The number of nitrogens with two attached hydrogens (primary N) is 1. The van der Waals surface area contributed by atoms with E-state index in [1.54, 1.807) is 11.8 Å². The van der Waals surface area contributed by atoms with Crippen LogP contribution in [0.3, 0.4) is 0 Å². The molecule has 0 radical (unpaired) electrons. The zero-order valence-electron chi connectivity index (χ0n) is 8.82. The molecule has 0 fully saturated rings. The van der Waals surface area contributed by atoms with E-state index in [-0.39, 0.29) is 5.91 Å². The first-order chi connectivity index (χ1) is 7.27. The molecule has 0 aliphatic heterocycles. The molecule has 15 heavy (non-hydrogen) atoms. The number of carbonyl (C=O) groups excluding carboxylic acids is 1. The van der Waals surface area contributed by atoms with Crippen molar-refractivity contribution in [2.75, 3.05) is 18.1 Å².